The number of piperazine rings is 1. The standard InChI is InChI=1S/C29H30BrF5N4O3S/c1-14-12-37(13-15(2)39(14)27(41)42-28(3,4)5)25-17-9-18(29(33,34)35)22(16-10-19(30)21(32)11-20(16)31)24-23(17)38(26(40)36-25)7-6-8-43-24/h9-11,14-15H,6-8,12-13H2,1-5H3. The van der Waals surface area contributed by atoms with Crippen LogP contribution in [0.3, 0.4) is 0 Å². The SMILES string of the molecule is CC1CN(c2nc(=O)n3c4c(c(-c5cc(Br)c(F)cc5F)c(C(F)(F)F)cc24)SCCC3)CC(C)N1C(=O)OC(C)(C)C. The lowest BCUT2D eigenvalue weighted by Crippen LogP contribution is -2.59. The largest absolute Gasteiger partial charge is 0.444 e. The van der Waals surface area contributed by atoms with Gasteiger partial charge in [0.1, 0.15) is 23.1 Å². The highest BCUT2D eigenvalue weighted by Gasteiger charge is 2.40. The molecule has 0 spiro atoms. The molecule has 7 nitrogen and oxygen atoms in total. The molecule has 0 saturated carbocycles. The topological polar surface area (TPSA) is 67.7 Å². The zero-order valence-corrected chi connectivity index (χ0v) is 26.5. The predicted octanol–water partition coefficient (Wildman–Crippen LogP) is 7.45. The highest BCUT2D eigenvalue weighted by Crippen LogP contribution is 2.49. The maximum atomic E-state index is 15.2. The van der Waals surface area contributed by atoms with Crippen molar-refractivity contribution in [3.63, 3.8) is 0 Å². The number of aromatic nitrogens is 2. The summed E-state index contributed by atoms with van der Waals surface area (Å²) in [5, 5.41) is 0.0896. The van der Waals surface area contributed by atoms with Crippen LogP contribution in [0.25, 0.3) is 22.0 Å². The number of rotatable bonds is 2. The maximum absolute atomic E-state index is 15.2. The number of alkyl halides is 3. The van der Waals surface area contributed by atoms with Gasteiger partial charge < -0.3 is 9.64 Å². The molecule has 0 N–H and O–H groups in total. The van der Waals surface area contributed by atoms with Gasteiger partial charge in [-0.05, 0) is 74.9 Å². The van der Waals surface area contributed by atoms with Crippen LogP contribution in [0.4, 0.5) is 32.6 Å². The summed E-state index contributed by atoms with van der Waals surface area (Å²) in [7, 11) is 0. The Morgan fingerprint density at radius 3 is 2.33 bits per heavy atom. The van der Waals surface area contributed by atoms with Crippen LogP contribution in [0.5, 0.6) is 0 Å². The molecule has 3 aromatic rings. The number of hydrogen-bond donors (Lipinski definition) is 0. The maximum Gasteiger partial charge on any atom is 0.417 e. The second-order valence-electron chi connectivity index (χ2n) is 11.8. The van der Waals surface area contributed by atoms with Crippen molar-refractivity contribution in [3.05, 3.63) is 50.4 Å². The molecule has 1 aromatic heterocycles. The van der Waals surface area contributed by atoms with Gasteiger partial charge in [0.25, 0.3) is 0 Å². The van der Waals surface area contributed by atoms with Gasteiger partial charge in [-0.2, -0.15) is 18.2 Å². The second-order valence-corrected chi connectivity index (χ2v) is 13.8. The summed E-state index contributed by atoms with van der Waals surface area (Å²) in [4.78, 5) is 34.0. The minimum Gasteiger partial charge on any atom is -0.444 e. The van der Waals surface area contributed by atoms with E-state index >= 15 is 4.39 Å². The van der Waals surface area contributed by atoms with Crippen molar-refractivity contribution < 1.29 is 31.5 Å². The van der Waals surface area contributed by atoms with Gasteiger partial charge in [0.15, 0.2) is 0 Å². The van der Waals surface area contributed by atoms with E-state index in [2.05, 4.69) is 20.9 Å². The number of anilines is 1. The molecule has 2 unspecified atom stereocenters. The monoisotopic (exact) mass is 688 g/mol. The van der Waals surface area contributed by atoms with E-state index in [-0.39, 0.29) is 45.7 Å². The van der Waals surface area contributed by atoms with E-state index in [1.54, 1.807) is 44.4 Å². The van der Waals surface area contributed by atoms with Gasteiger partial charge in [-0.15, -0.1) is 11.8 Å². The Labute approximate surface area is 257 Å². The summed E-state index contributed by atoms with van der Waals surface area (Å²) in [6.45, 7) is 9.43. The van der Waals surface area contributed by atoms with Gasteiger partial charge in [-0.1, -0.05) is 0 Å². The second kappa shape index (κ2) is 11.2. The summed E-state index contributed by atoms with van der Waals surface area (Å²) < 4.78 is 80.4. The fraction of sp³-hybridized carbons (Fsp3) is 0.483. The predicted molar refractivity (Wildman–Crippen MR) is 159 cm³/mol. The molecule has 0 radical (unpaired) electrons. The number of nitrogens with zero attached hydrogens (tertiary/aromatic N) is 4. The smallest absolute Gasteiger partial charge is 0.417 e. The zero-order chi connectivity index (χ0) is 31.6. The number of benzene rings is 2. The number of hydrogen-bond acceptors (Lipinski definition) is 6. The molecule has 1 saturated heterocycles. The van der Waals surface area contributed by atoms with Crippen LogP contribution in [0.15, 0.2) is 32.4 Å². The van der Waals surface area contributed by atoms with E-state index in [1.165, 1.54) is 4.57 Å². The van der Waals surface area contributed by atoms with Gasteiger partial charge in [-0.3, -0.25) is 9.47 Å². The third-order valence-corrected chi connectivity index (χ3v) is 9.17. The average molecular weight is 690 g/mol. The van der Waals surface area contributed by atoms with Crippen molar-refractivity contribution >= 4 is 50.5 Å². The molecule has 2 aliphatic heterocycles. The van der Waals surface area contributed by atoms with Crippen molar-refractivity contribution in [2.24, 2.45) is 0 Å². The third-order valence-electron chi connectivity index (χ3n) is 7.38. The average Bonchev–Trinajstić information content (AvgIpc) is 3.10. The van der Waals surface area contributed by atoms with Crippen molar-refractivity contribution in [2.75, 3.05) is 23.7 Å². The van der Waals surface area contributed by atoms with Gasteiger partial charge >= 0.3 is 18.0 Å². The molecule has 1 amide bonds. The summed E-state index contributed by atoms with van der Waals surface area (Å²) in [5.74, 6) is -1.69. The van der Waals surface area contributed by atoms with Gasteiger partial charge in [0, 0.05) is 47.1 Å². The van der Waals surface area contributed by atoms with E-state index in [4.69, 9.17) is 4.74 Å². The summed E-state index contributed by atoms with van der Waals surface area (Å²) >= 11 is 4.07. The Hall–Kier alpha value is -2.87. The van der Waals surface area contributed by atoms with Gasteiger partial charge in [0.2, 0.25) is 0 Å². The van der Waals surface area contributed by atoms with Crippen LogP contribution in [0.2, 0.25) is 0 Å². The fourth-order valence-electron chi connectivity index (χ4n) is 5.75. The molecule has 2 aliphatic rings. The minimum atomic E-state index is -4.92. The lowest BCUT2D eigenvalue weighted by atomic mass is 9.95. The molecular formula is C29H30BrF5N4O3S. The van der Waals surface area contributed by atoms with Crippen LogP contribution in [0, 0.1) is 11.6 Å². The number of carbonyl (C=O) groups excluding carboxylic acids is 1. The number of amides is 1. The van der Waals surface area contributed by atoms with E-state index < -0.39 is 64.0 Å². The quantitative estimate of drug-likeness (QED) is 0.206. The number of carbonyl (C=O) groups is 1. The molecule has 1 fully saturated rings. The minimum absolute atomic E-state index is 0.0559. The van der Waals surface area contributed by atoms with Crippen molar-refractivity contribution in [1.29, 1.82) is 0 Å². The molecule has 2 aromatic carbocycles. The first-order valence-corrected chi connectivity index (χ1v) is 15.5. The number of thioether (sulfide) groups is 1. The Balaban J connectivity index is 1.74. The molecule has 5 rings (SSSR count). The number of halogens is 6. The number of ether oxygens (including phenoxy) is 1. The molecule has 0 aliphatic carbocycles. The Morgan fingerprint density at radius 1 is 1.07 bits per heavy atom. The molecule has 43 heavy (non-hydrogen) atoms. The first-order valence-electron chi connectivity index (χ1n) is 13.7. The molecular weight excluding hydrogens is 659 g/mol. The van der Waals surface area contributed by atoms with E-state index in [0.29, 0.717) is 18.2 Å². The van der Waals surface area contributed by atoms with Crippen molar-refractivity contribution in [3.8, 4) is 11.1 Å². The molecule has 2 atom stereocenters. The Bertz CT molecular complexity index is 1660. The van der Waals surface area contributed by atoms with Crippen LogP contribution < -0.4 is 10.6 Å². The van der Waals surface area contributed by atoms with Crippen LogP contribution >= 0.6 is 27.7 Å². The molecule has 232 valence electrons. The molecule has 0 bridgehead atoms. The zero-order valence-electron chi connectivity index (χ0n) is 24.1. The Morgan fingerprint density at radius 2 is 1.72 bits per heavy atom. The van der Waals surface area contributed by atoms with Crippen LogP contribution in [-0.4, -0.2) is 57.1 Å². The first-order chi connectivity index (χ1) is 20.0. The Kier molecular flexibility index (Phi) is 8.25. The molecule has 14 heteroatoms. The van der Waals surface area contributed by atoms with E-state index in [9.17, 15) is 27.2 Å². The lowest BCUT2D eigenvalue weighted by Gasteiger charge is -2.45. The summed E-state index contributed by atoms with van der Waals surface area (Å²) in [6, 6.07) is 1.59. The first kappa shape index (κ1) is 31.6. The summed E-state index contributed by atoms with van der Waals surface area (Å²) in [5.41, 5.74) is -3.16. The molecule has 3 heterocycles. The van der Waals surface area contributed by atoms with E-state index in [0.717, 1.165) is 23.9 Å². The van der Waals surface area contributed by atoms with Gasteiger partial charge in [0.05, 0.1) is 27.6 Å². The van der Waals surface area contributed by atoms with Gasteiger partial charge in [-0.25, -0.2) is 18.4 Å². The van der Waals surface area contributed by atoms with Crippen molar-refractivity contribution in [2.45, 2.75) is 76.3 Å². The van der Waals surface area contributed by atoms with Crippen molar-refractivity contribution in [1.82, 2.24) is 14.5 Å². The van der Waals surface area contributed by atoms with Crippen LogP contribution in [0.1, 0.15) is 46.6 Å². The number of aryl methyl sites for hydroxylation is 1. The van der Waals surface area contributed by atoms with E-state index in [1.807, 2.05) is 0 Å². The van der Waals surface area contributed by atoms with Crippen LogP contribution in [-0.2, 0) is 17.5 Å². The highest BCUT2D eigenvalue weighted by atomic mass is 79.9. The lowest BCUT2D eigenvalue weighted by molar-refractivity contribution is -0.137. The fourth-order valence-corrected chi connectivity index (χ4v) is 7.30. The summed E-state index contributed by atoms with van der Waals surface area (Å²) in [6.07, 6.45) is -4.97. The normalized spacial score (nSPS) is 19.5. The highest BCUT2D eigenvalue weighted by molar-refractivity contribution is 9.10. The third kappa shape index (κ3) is 5.96.